The summed E-state index contributed by atoms with van der Waals surface area (Å²) >= 11 is 0. The van der Waals surface area contributed by atoms with Crippen LogP contribution >= 0.6 is 0 Å². The first-order valence-electron chi connectivity index (χ1n) is 12.3. The van der Waals surface area contributed by atoms with Crippen LogP contribution in [0.15, 0.2) is 127 Å². The zero-order chi connectivity index (χ0) is 27.2. The molecule has 0 aliphatic rings. The van der Waals surface area contributed by atoms with Crippen molar-refractivity contribution in [2.45, 2.75) is 5.41 Å². The Hall–Kier alpha value is -5.30. The van der Waals surface area contributed by atoms with Gasteiger partial charge in [0.1, 0.15) is 5.70 Å². The van der Waals surface area contributed by atoms with E-state index in [-0.39, 0.29) is 11.4 Å². The molecule has 0 aliphatic carbocycles. The Labute approximate surface area is 225 Å². The Bertz CT molecular complexity index is 1520. The first-order valence-corrected chi connectivity index (χ1v) is 12.3. The van der Waals surface area contributed by atoms with Crippen molar-refractivity contribution in [2.75, 3.05) is 0 Å². The minimum atomic E-state index is -1.06. The second-order valence-electron chi connectivity index (χ2n) is 8.88. The van der Waals surface area contributed by atoms with Crippen molar-refractivity contribution in [2.24, 2.45) is 5.73 Å². The Morgan fingerprint density at radius 1 is 0.744 bits per heavy atom. The fourth-order valence-electron chi connectivity index (χ4n) is 4.83. The summed E-state index contributed by atoms with van der Waals surface area (Å²) in [6.07, 6.45) is 0.461. The molecule has 0 spiro atoms. The van der Waals surface area contributed by atoms with E-state index in [1.54, 1.807) is 30.3 Å². The number of nitrogens with two attached hydrogens (primary N) is 1. The number of rotatable bonds is 8. The zero-order valence-electron chi connectivity index (χ0n) is 20.8. The van der Waals surface area contributed by atoms with Gasteiger partial charge in [0.25, 0.3) is 17.9 Å². The van der Waals surface area contributed by atoms with E-state index >= 15 is 4.39 Å². The van der Waals surface area contributed by atoms with Crippen LogP contribution < -0.4 is 11.1 Å². The first kappa shape index (κ1) is 25.4. The molecular formula is C32H25FN4O2. The minimum Gasteiger partial charge on any atom is -0.364 e. The topological polar surface area (TPSA) is 101 Å². The molecule has 1 heterocycles. The number of halogens is 1. The van der Waals surface area contributed by atoms with Gasteiger partial charge in [-0.3, -0.25) is 9.59 Å². The predicted octanol–water partition coefficient (Wildman–Crippen LogP) is 5.19. The van der Waals surface area contributed by atoms with Crippen LogP contribution in [-0.4, -0.2) is 21.8 Å². The van der Waals surface area contributed by atoms with E-state index in [1.807, 2.05) is 91.0 Å². The lowest BCUT2D eigenvalue weighted by Gasteiger charge is -2.35. The van der Waals surface area contributed by atoms with Gasteiger partial charge < -0.3 is 16.0 Å². The molecule has 4 aromatic carbocycles. The van der Waals surface area contributed by atoms with Gasteiger partial charge in [-0.15, -0.1) is 0 Å². The van der Waals surface area contributed by atoms with Gasteiger partial charge in [-0.1, -0.05) is 109 Å². The van der Waals surface area contributed by atoms with Crippen LogP contribution in [0.5, 0.6) is 0 Å². The lowest BCUT2D eigenvalue weighted by atomic mass is 9.66. The Morgan fingerprint density at radius 2 is 1.18 bits per heavy atom. The molecule has 7 heteroatoms. The van der Waals surface area contributed by atoms with E-state index in [4.69, 9.17) is 5.73 Å². The van der Waals surface area contributed by atoms with Crippen LogP contribution in [-0.2, 0) is 10.2 Å². The SMILES string of the molecule is NC(=O)C(=Cc1nc(F)[nH]c1C(c1ccccc1)(c1ccccc1)c1ccccc1)NC(=O)c1ccccc1. The normalized spacial score (nSPS) is 11.7. The molecule has 39 heavy (non-hydrogen) atoms. The van der Waals surface area contributed by atoms with Gasteiger partial charge in [-0.05, 0) is 34.9 Å². The van der Waals surface area contributed by atoms with Crippen molar-refractivity contribution < 1.29 is 14.0 Å². The van der Waals surface area contributed by atoms with Gasteiger partial charge in [0.2, 0.25) is 0 Å². The number of aromatic amines is 1. The van der Waals surface area contributed by atoms with Crippen LogP contribution in [0, 0.1) is 6.08 Å². The highest BCUT2D eigenvalue weighted by Gasteiger charge is 2.42. The Balaban J connectivity index is 1.76. The van der Waals surface area contributed by atoms with Crippen molar-refractivity contribution in [1.82, 2.24) is 15.3 Å². The number of imidazole rings is 1. The molecule has 0 aliphatic heterocycles. The number of nitrogens with one attached hydrogen (secondary N) is 2. The van der Waals surface area contributed by atoms with E-state index in [9.17, 15) is 9.59 Å². The van der Waals surface area contributed by atoms with Gasteiger partial charge in [0.15, 0.2) is 0 Å². The molecular weight excluding hydrogens is 491 g/mol. The van der Waals surface area contributed by atoms with E-state index in [0.717, 1.165) is 16.7 Å². The molecule has 5 aromatic rings. The number of amides is 2. The van der Waals surface area contributed by atoms with E-state index in [2.05, 4.69) is 15.3 Å². The number of hydrogen-bond acceptors (Lipinski definition) is 3. The summed E-state index contributed by atoms with van der Waals surface area (Å²) in [5.41, 5.74) is 7.73. The van der Waals surface area contributed by atoms with Crippen molar-refractivity contribution in [3.63, 3.8) is 0 Å². The molecule has 5 rings (SSSR count). The second kappa shape index (κ2) is 11.0. The van der Waals surface area contributed by atoms with Gasteiger partial charge in [0, 0.05) is 5.56 Å². The van der Waals surface area contributed by atoms with Gasteiger partial charge >= 0.3 is 0 Å². The van der Waals surface area contributed by atoms with Crippen molar-refractivity contribution in [3.8, 4) is 0 Å². The monoisotopic (exact) mass is 516 g/mol. The summed E-state index contributed by atoms with van der Waals surface area (Å²) in [5, 5.41) is 2.56. The van der Waals surface area contributed by atoms with Crippen molar-refractivity contribution in [3.05, 3.63) is 167 Å². The van der Waals surface area contributed by atoms with Crippen LogP contribution in [0.3, 0.4) is 0 Å². The highest BCUT2D eigenvalue weighted by Crippen LogP contribution is 2.45. The molecule has 0 bridgehead atoms. The van der Waals surface area contributed by atoms with E-state index in [1.165, 1.54) is 6.08 Å². The molecule has 4 N–H and O–H groups in total. The Kier molecular flexibility index (Phi) is 7.14. The largest absolute Gasteiger partial charge is 0.364 e. The third-order valence-electron chi connectivity index (χ3n) is 6.53. The third-order valence-corrected chi connectivity index (χ3v) is 6.53. The van der Waals surface area contributed by atoms with Crippen LogP contribution in [0.1, 0.15) is 38.4 Å². The number of benzene rings is 4. The standard InChI is InChI=1S/C32H25FN4O2/c33-31-36-26(21-27(29(34)38)35-30(39)22-13-5-1-6-14-22)28(37-31)32(23-15-7-2-8-16-23,24-17-9-3-10-18-24)25-19-11-4-12-20-25/h1-21H,(H2,34,38)(H,35,39)(H,36,37). The maximum absolute atomic E-state index is 15.0. The number of nitrogens with zero attached hydrogens (tertiary/aromatic N) is 1. The Morgan fingerprint density at radius 3 is 1.62 bits per heavy atom. The van der Waals surface area contributed by atoms with Crippen LogP contribution in [0.25, 0.3) is 6.08 Å². The fourth-order valence-corrected chi connectivity index (χ4v) is 4.83. The number of H-pyrrole nitrogens is 1. The molecule has 6 nitrogen and oxygen atoms in total. The highest BCUT2D eigenvalue weighted by molar-refractivity contribution is 6.04. The number of aromatic nitrogens is 2. The molecule has 2 amide bonds. The number of carbonyl (C=O) groups excluding carboxylic acids is 2. The predicted molar refractivity (Wildman–Crippen MR) is 148 cm³/mol. The number of hydrogen-bond donors (Lipinski definition) is 3. The van der Waals surface area contributed by atoms with E-state index in [0.29, 0.717) is 11.3 Å². The van der Waals surface area contributed by atoms with Gasteiger partial charge in [-0.25, -0.2) is 4.98 Å². The van der Waals surface area contributed by atoms with Crippen LogP contribution in [0.4, 0.5) is 4.39 Å². The second-order valence-corrected chi connectivity index (χ2v) is 8.88. The third kappa shape index (κ3) is 4.98. The smallest absolute Gasteiger partial charge is 0.287 e. The summed E-state index contributed by atoms with van der Waals surface area (Å²) in [5.74, 6) is -1.42. The average molecular weight is 517 g/mol. The highest BCUT2D eigenvalue weighted by atomic mass is 19.1. The summed E-state index contributed by atoms with van der Waals surface area (Å²) in [7, 11) is 0. The van der Waals surface area contributed by atoms with Crippen molar-refractivity contribution in [1.29, 1.82) is 0 Å². The van der Waals surface area contributed by atoms with E-state index < -0.39 is 23.3 Å². The summed E-state index contributed by atoms with van der Waals surface area (Å²) in [4.78, 5) is 32.2. The lowest BCUT2D eigenvalue weighted by Crippen LogP contribution is -2.33. The molecule has 0 atom stereocenters. The molecule has 1 aromatic heterocycles. The zero-order valence-corrected chi connectivity index (χ0v) is 20.8. The number of primary amides is 1. The van der Waals surface area contributed by atoms with Crippen molar-refractivity contribution >= 4 is 17.9 Å². The lowest BCUT2D eigenvalue weighted by molar-refractivity contribution is -0.114. The molecule has 0 saturated heterocycles. The summed E-state index contributed by atoms with van der Waals surface area (Å²) < 4.78 is 15.0. The van der Waals surface area contributed by atoms with Gasteiger partial charge in [0.05, 0.1) is 16.8 Å². The van der Waals surface area contributed by atoms with Crippen LogP contribution in [0.2, 0.25) is 0 Å². The minimum absolute atomic E-state index is 0.117. The maximum atomic E-state index is 15.0. The molecule has 0 unspecified atom stereocenters. The molecule has 0 saturated carbocycles. The van der Waals surface area contributed by atoms with Gasteiger partial charge in [-0.2, -0.15) is 4.39 Å². The molecule has 0 fully saturated rings. The number of carbonyl (C=O) groups is 2. The maximum Gasteiger partial charge on any atom is 0.287 e. The summed E-state index contributed by atoms with van der Waals surface area (Å²) in [6.45, 7) is 0. The summed E-state index contributed by atoms with van der Waals surface area (Å²) in [6, 6.07) is 37.3. The molecule has 192 valence electrons. The first-order chi connectivity index (χ1) is 19.0. The average Bonchev–Trinajstić information content (AvgIpc) is 3.35. The molecule has 0 radical (unpaired) electrons. The quantitative estimate of drug-likeness (QED) is 0.196. The fraction of sp³-hybridized carbons (Fsp3) is 0.0312.